The molecule has 0 aliphatic carbocycles. The highest BCUT2D eigenvalue weighted by Crippen LogP contribution is 2.17. The molecule has 1 atom stereocenters. The molecule has 14 heavy (non-hydrogen) atoms. The second-order valence-corrected chi connectivity index (χ2v) is 3.39. The number of carboxylic acid groups (broad SMARTS) is 1. The molecule has 1 aliphatic rings. The molecule has 5 nitrogen and oxygen atoms in total. The van der Waals surface area contributed by atoms with E-state index in [1.807, 2.05) is 4.57 Å². The van der Waals surface area contributed by atoms with Crippen LogP contribution in [0.4, 0.5) is 0 Å². The summed E-state index contributed by atoms with van der Waals surface area (Å²) in [6.07, 6.45) is 3.37. The van der Waals surface area contributed by atoms with Crippen molar-refractivity contribution in [2.45, 2.75) is 25.5 Å². The Morgan fingerprint density at radius 2 is 2.57 bits per heavy atom. The smallest absolute Gasteiger partial charge is 0.356 e. The number of aromatic carboxylic acids is 1. The van der Waals surface area contributed by atoms with Gasteiger partial charge in [-0.3, -0.25) is 0 Å². The van der Waals surface area contributed by atoms with Crippen molar-refractivity contribution in [1.29, 1.82) is 0 Å². The molecule has 0 unspecified atom stereocenters. The van der Waals surface area contributed by atoms with Gasteiger partial charge in [-0.1, -0.05) is 0 Å². The van der Waals surface area contributed by atoms with Crippen LogP contribution in [0.25, 0.3) is 0 Å². The average molecular weight is 196 g/mol. The number of carbonyl (C=O) groups is 1. The summed E-state index contributed by atoms with van der Waals surface area (Å²) >= 11 is 0. The first-order valence-corrected chi connectivity index (χ1v) is 4.53. The molecule has 0 aromatic carbocycles. The fraction of sp³-hybridized carbons (Fsp3) is 0.556. The van der Waals surface area contributed by atoms with Crippen LogP contribution in [-0.2, 0) is 17.7 Å². The lowest BCUT2D eigenvalue weighted by molar-refractivity contribution is 0.0690. The summed E-state index contributed by atoms with van der Waals surface area (Å²) < 4.78 is 7.10. The topological polar surface area (TPSA) is 64.3 Å². The number of rotatable bonds is 2. The summed E-state index contributed by atoms with van der Waals surface area (Å²) in [5.74, 6) is -0.165. The fourth-order valence-corrected chi connectivity index (χ4v) is 1.70. The molecule has 1 N–H and O–H groups in total. The van der Waals surface area contributed by atoms with E-state index in [0.29, 0.717) is 6.42 Å². The van der Waals surface area contributed by atoms with E-state index < -0.39 is 5.97 Å². The lowest BCUT2D eigenvalue weighted by atomic mass is 10.1. The monoisotopic (exact) mass is 196 g/mol. The van der Waals surface area contributed by atoms with Gasteiger partial charge in [0, 0.05) is 26.3 Å². The fourth-order valence-electron chi connectivity index (χ4n) is 1.70. The van der Waals surface area contributed by atoms with E-state index in [1.165, 1.54) is 0 Å². The highest BCUT2D eigenvalue weighted by atomic mass is 16.5. The Kier molecular flexibility index (Phi) is 2.25. The Balaban J connectivity index is 2.25. The van der Waals surface area contributed by atoms with E-state index >= 15 is 0 Å². The Hall–Kier alpha value is -1.36. The predicted molar refractivity (Wildman–Crippen MR) is 48.3 cm³/mol. The number of fused-ring (bicyclic) bond motifs is 1. The van der Waals surface area contributed by atoms with Crippen LogP contribution in [0, 0.1) is 0 Å². The Bertz CT molecular complexity index is 359. The summed E-state index contributed by atoms with van der Waals surface area (Å²) in [5, 5.41) is 8.75. The molecular formula is C9H12N2O3. The molecular weight excluding hydrogens is 184 g/mol. The van der Waals surface area contributed by atoms with Crippen LogP contribution in [0.2, 0.25) is 0 Å². The Morgan fingerprint density at radius 1 is 1.79 bits per heavy atom. The van der Waals surface area contributed by atoms with E-state index in [4.69, 9.17) is 9.84 Å². The molecule has 1 aromatic heterocycles. The highest BCUT2D eigenvalue weighted by molar-refractivity contribution is 5.85. The van der Waals surface area contributed by atoms with Gasteiger partial charge in [0.2, 0.25) is 0 Å². The Morgan fingerprint density at radius 3 is 3.21 bits per heavy atom. The van der Waals surface area contributed by atoms with Gasteiger partial charge in [0.05, 0.1) is 6.10 Å². The van der Waals surface area contributed by atoms with Gasteiger partial charge in [0.15, 0.2) is 5.69 Å². The van der Waals surface area contributed by atoms with Gasteiger partial charge >= 0.3 is 5.97 Å². The third-order valence-electron chi connectivity index (χ3n) is 2.51. The van der Waals surface area contributed by atoms with E-state index in [1.54, 1.807) is 13.3 Å². The average Bonchev–Trinajstić information content (AvgIpc) is 2.59. The zero-order valence-corrected chi connectivity index (χ0v) is 7.93. The minimum atomic E-state index is -0.971. The van der Waals surface area contributed by atoms with Crippen molar-refractivity contribution in [3.05, 3.63) is 17.7 Å². The van der Waals surface area contributed by atoms with Crippen molar-refractivity contribution >= 4 is 5.97 Å². The zero-order chi connectivity index (χ0) is 10.1. The van der Waals surface area contributed by atoms with Crippen LogP contribution in [-0.4, -0.2) is 33.8 Å². The standard InChI is InChI=1S/C9H12N2O3/c1-14-6-2-3-11-5-7(9(12)13)10-8(11)4-6/h5-6H,2-4H2,1H3,(H,12,13)/t6-/m0/s1. The molecule has 2 heterocycles. The molecule has 0 saturated carbocycles. The van der Waals surface area contributed by atoms with Gasteiger partial charge in [0.25, 0.3) is 0 Å². The minimum absolute atomic E-state index is 0.122. The second-order valence-electron chi connectivity index (χ2n) is 3.39. The van der Waals surface area contributed by atoms with Crippen LogP contribution in [0.5, 0.6) is 0 Å². The number of hydrogen-bond donors (Lipinski definition) is 1. The minimum Gasteiger partial charge on any atom is -0.476 e. The molecule has 1 aromatic rings. The van der Waals surface area contributed by atoms with E-state index in [0.717, 1.165) is 18.8 Å². The van der Waals surface area contributed by atoms with Crippen molar-refractivity contribution in [2.24, 2.45) is 0 Å². The molecule has 0 saturated heterocycles. The van der Waals surface area contributed by atoms with Crippen molar-refractivity contribution in [3.8, 4) is 0 Å². The van der Waals surface area contributed by atoms with Crippen LogP contribution in [0.15, 0.2) is 6.20 Å². The summed E-state index contributed by atoms with van der Waals surface area (Å²) in [6.45, 7) is 0.786. The van der Waals surface area contributed by atoms with Crippen molar-refractivity contribution in [2.75, 3.05) is 7.11 Å². The van der Waals surface area contributed by atoms with Crippen LogP contribution < -0.4 is 0 Å². The number of carboxylic acids is 1. The van der Waals surface area contributed by atoms with Gasteiger partial charge in [-0.15, -0.1) is 0 Å². The molecule has 0 amide bonds. The second kappa shape index (κ2) is 3.42. The number of ether oxygens (including phenoxy) is 1. The first-order valence-electron chi connectivity index (χ1n) is 4.53. The molecule has 0 fully saturated rings. The summed E-state index contributed by atoms with van der Waals surface area (Å²) in [4.78, 5) is 14.7. The first kappa shape index (κ1) is 9.21. The third kappa shape index (κ3) is 1.50. The summed E-state index contributed by atoms with van der Waals surface area (Å²) in [5.41, 5.74) is 0.122. The molecule has 1 aliphatic heterocycles. The molecule has 0 spiro atoms. The summed E-state index contributed by atoms with van der Waals surface area (Å²) in [6, 6.07) is 0. The number of aryl methyl sites for hydroxylation is 1. The number of methoxy groups -OCH3 is 1. The number of aromatic nitrogens is 2. The third-order valence-corrected chi connectivity index (χ3v) is 2.51. The lowest BCUT2D eigenvalue weighted by Gasteiger charge is -2.21. The van der Waals surface area contributed by atoms with E-state index in [2.05, 4.69) is 4.98 Å². The normalized spacial score (nSPS) is 20.5. The summed E-state index contributed by atoms with van der Waals surface area (Å²) in [7, 11) is 1.67. The van der Waals surface area contributed by atoms with Crippen molar-refractivity contribution in [1.82, 2.24) is 9.55 Å². The largest absolute Gasteiger partial charge is 0.476 e. The van der Waals surface area contributed by atoms with Crippen molar-refractivity contribution < 1.29 is 14.6 Å². The number of imidazole rings is 1. The van der Waals surface area contributed by atoms with Crippen LogP contribution in [0.1, 0.15) is 22.7 Å². The number of hydrogen-bond acceptors (Lipinski definition) is 3. The lowest BCUT2D eigenvalue weighted by Crippen LogP contribution is -2.24. The van der Waals surface area contributed by atoms with E-state index in [-0.39, 0.29) is 11.8 Å². The maximum atomic E-state index is 10.7. The first-order chi connectivity index (χ1) is 6.70. The van der Waals surface area contributed by atoms with Gasteiger partial charge in [-0.05, 0) is 6.42 Å². The number of nitrogens with zero attached hydrogens (tertiary/aromatic N) is 2. The highest BCUT2D eigenvalue weighted by Gasteiger charge is 2.21. The quantitative estimate of drug-likeness (QED) is 0.749. The van der Waals surface area contributed by atoms with Gasteiger partial charge in [-0.25, -0.2) is 9.78 Å². The van der Waals surface area contributed by atoms with Crippen molar-refractivity contribution in [3.63, 3.8) is 0 Å². The predicted octanol–water partition coefficient (Wildman–Crippen LogP) is 0.543. The van der Waals surface area contributed by atoms with E-state index in [9.17, 15) is 4.79 Å². The van der Waals surface area contributed by atoms with Crippen LogP contribution in [0.3, 0.4) is 0 Å². The molecule has 2 rings (SSSR count). The van der Waals surface area contributed by atoms with Crippen LogP contribution >= 0.6 is 0 Å². The molecule has 0 bridgehead atoms. The van der Waals surface area contributed by atoms with Gasteiger partial charge in [-0.2, -0.15) is 0 Å². The van der Waals surface area contributed by atoms with Gasteiger partial charge < -0.3 is 14.4 Å². The SMILES string of the molecule is CO[C@H]1CCn2cc(C(=O)O)nc2C1. The maximum absolute atomic E-state index is 10.7. The maximum Gasteiger partial charge on any atom is 0.356 e. The molecule has 0 radical (unpaired) electrons. The van der Waals surface area contributed by atoms with Gasteiger partial charge in [0.1, 0.15) is 5.82 Å². The zero-order valence-electron chi connectivity index (χ0n) is 7.93. The molecule has 5 heteroatoms. The molecule has 76 valence electrons. The Labute approximate surface area is 81.3 Å².